The third-order valence-electron chi connectivity index (χ3n) is 5.53. The highest BCUT2D eigenvalue weighted by Crippen LogP contribution is 2.22. The number of phenolic OH excluding ortho intramolecular Hbond substituents is 1. The van der Waals surface area contributed by atoms with Crippen molar-refractivity contribution in [1.82, 2.24) is 14.5 Å². The molecule has 0 atom stereocenters. The first-order chi connectivity index (χ1) is 14.1. The number of unbranched alkanes of at least 4 members (excludes halogenated alkanes) is 1. The van der Waals surface area contributed by atoms with Gasteiger partial charge >= 0.3 is 5.69 Å². The zero-order valence-electron chi connectivity index (χ0n) is 16.7. The van der Waals surface area contributed by atoms with Gasteiger partial charge in [-0.25, -0.2) is 4.79 Å². The van der Waals surface area contributed by atoms with Crippen LogP contribution in [0.3, 0.4) is 0 Å². The van der Waals surface area contributed by atoms with E-state index < -0.39 is 11.2 Å². The van der Waals surface area contributed by atoms with Crippen LogP contribution >= 0.6 is 17.0 Å². The largest absolute Gasteiger partial charge is 0.508 e. The molecule has 2 aromatic carbocycles. The molecule has 1 aromatic heterocycles. The third-order valence-corrected chi connectivity index (χ3v) is 5.53. The van der Waals surface area contributed by atoms with Gasteiger partial charge in [0.2, 0.25) is 0 Å². The van der Waals surface area contributed by atoms with E-state index in [0.29, 0.717) is 17.4 Å². The Morgan fingerprint density at radius 3 is 2.50 bits per heavy atom. The second-order valence-electron chi connectivity index (χ2n) is 7.47. The minimum atomic E-state index is -0.429. The van der Waals surface area contributed by atoms with E-state index in [-0.39, 0.29) is 22.7 Å². The van der Waals surface area contributed by atoms with E-state index >= 15 is 0 Å². The van der Waals surface area contributed by atoms with Crippen LogP contribution in [0.15, 0.2) is 64.2 Å². The lowest BCUT2D eigenvalue weighted by molar-refractivity contribution is 0.292. The monoisotopic (exact) mass is 471 g/mol. The summed E-state index contributed by atoms with van der Waals surface area (Å²) >= 11 is 0. The van der Waals surface area contributed by atoms with Gasteiger partial charge in [-0.2, -0.15) is 0 Å². The summed E-state index contributed by atoms with van der Waals surface area (Å²) in [4.78, 5) is 29.0. The average molecular weight is 472 g/mol. The van der Waals surface area contributed by atoms with Crippen molar-refractivity contribution in [2.75, 3.05) is 19.6 Å². The van der Waals surface area contributed by atoms with Crippen molar-refractivity contribution in [1.29, 1.82) is 0 Å². The van der Waals surface area contributed by atoms with Crippen molar-refractivity contribution in [3.8, 4) is 5.75 Å². The number of rotatable bonds is 6. The van der Waals surface area contributed by atoms with Crippen LogP contribution in [0, 0.1) is 0 Å². The molecule has 0 amide bonds. The van der Waals surface area contributed by atoms with Crippen molar-refractivity contribution in [3.63, 3.8) is 0 Å². The Balaban J connectivity index is 0.00000256. The van der Waals surface area contributed by atoms with Crippen LogP contribution < -0.4 is 11.2 Å². The SMILES string of the molecule is Br.O=c1[nH]c(=O)n(CCCCN2CC=C(c3ccccc3)CC2)c2cc(O)ccc12. The molecule has 3 aromatic rings. The molecule has 1 aliphatic rings. The van der Waals surface area contributed by atoms with Crippen LogP contribution in [0.25, 0.3) is 16.5 Å². The van der Waals surface area contributed by atoms with Crippen molar-refractivity contribution < 1.29 is 5.11 Å². The highest BCUT2D eigenvalue weighted by Gasteiger charge is 2.13. The number of aryl methyl sites for hydroxylation is 1. The van der Waals surface area contributed by atoms with E-state index in [1.807, 2.05) is 6.07 Å². The van der Waals surface area contributed by atoms with E-state index in [1.54, 1.807) is 10.6 Å². The number of aromatic hydroxyl groups is 1. The lowest BCUT2D eigenvalue weighted by atomic mass is 9.99. The van der Waals surface area contributed by atoms with E-state index in [1.165, 1.54) is 23.3 Å². The van der Waals surface area contributed by atoms with Crippen molar-refractivity contribution in [2.45, 2.75) is 25.8 Å². The first-order valence-electron chi connectivity index (χ1n) is 10.0. The predicted molar refractivity (Wildman–Crippen MR) is 126 cm³/mol. The number of phenols is 1. The third kappa shape index (κ3) is 4.91. The van der Waals surface area contributed by atoms with Gasteiger partial charge in [-0.15, -0.1) is 17.0 Å². The van der Waals surface area contributed by atoms with E-state index in [2.05, 4.69) is 40.2 Å². The Morgan fingerprint density at radius 1 is 1.00 bits per heavy atom. The zero-order valence-corrected chi connectivity index (χ0v) is 18.4. The predicted octanol–water partition coefficient (Wildman–Crippen LogP) is 3.54. The highest BCUT2D eigenvalue weighted by atomic mass is 79.9. The molecule has 0 fully saturated rings. The number of benzene rings is 2. The Hall–Kier alpha value is -2.64. The molecule has 0 spiro atoms. The molecule has 2 heterocycles. The Kier molecular flexibility index (Phi) is 7.29. The van der Waals surface area contributed by atoms with Gasteiger partial charge in [-0.3, -0.25) is 19.2 Å². The van der Waals surface area contributed by atoms with Gasteiger partial charge in [0.15, 0.2) is 0 Å². The van der Waals surface area contributed by atoms with E-state index in [0.717, 1.165) is 38.9 Å². The maximum atomic E-state index is 12.2. The van der Waals surface area contributed by atoms with Gasteiger partial charge in [0.1, 0.15) is 5.75 Å². The number of aromatic amines is 1. The molecule has 4 rings (SSSR count). The van der Waals surface area contributed by atoms with E-state index in [4.69, 9.17) is 0 Å². The molecule has 7 heteroatoms. The molecule has 158 valence electrons. The molecule has 30 heavy (non-hydrogen) atoms. The van der Waals surface area contributed by atoms with Gasteiger partial charge in [-0.05, 0) is 49.1 Å². The van der Waals surface area contributed by atoms with Crippen LogP contribution in [-0.2, 0) is 6.54 Å². The van der Waals surface area contributed by atoms with Crippen LogP contribution in [0.5, 0.6) is 5.75 Å². The fourth-order valence-corrected chi connectivity index (χ4v) is 3.93. The Bertz CT molecular complexity index is 1150. The summed E-state index contributed by atoms with van der Waals surface area (Å²) < 4.78 is 1.54. The quantitative estimate of drug-likeness (QED) is 0.538. The maximum Gasteiger partial charge on any atom is 0.328 e. The Morgan fingerprint density at radius 2 is 1.77 bits per heavy atom. The number of H-pyrrole nitrogens is 1. The van der Waals surface area contributed by atoms with Gasteiger partial charge in [0.05, 0.1) is 10.9 Å². The standard InChI is InChI=1S/C23H25N3O3.BrH/c27-19-8-9-20-21(16-19)26(23(29)24-22(20)28)13-5-4-12-25-14-10-18(11-15-25)17-6-2-1-3-7-17;/h1-3,6-10,16,27H,4-5,11-15H2,(H,24,28,29);1H. The van der Waals surface area contributed by atoms with E-state index in [9.17, 15) is 14.7 Å². The molecule has 0 bridgehead atoms. The summed E-state index contributed by atoms with van der Waals surface area (Å²) in [6, 6.07) is 15.0. The smallest absolute Gasteiger partial charge is 0.328 e. The average Bonchev–Trinajstić information content (AvgIpc) is 2.74. The zero-order chi connectivity index (χ0) is 20.2. The second kappa shape index (κ2) is 9.91. The minimum absolute atomic E-state index is 0. The lowest BCUT2D eigenvalue weighted by Gasteiger charge is -2.26. The van der Waals surface area contributed by atoms with Crippen LogP contribution in [0.4, 0.5) is 0 Å². The molecule has 6 nitrogen and oxygen atoms in total. The molecule has 0 aliphatic carbocycles. The molecule has 0 saturated heterocycles. The maximum absolute atomic E-state index is 12.2. The topological polar surface area (TPSA) is 78.3 Å². The van der Waals surface area contributed by atoms with Crippen LogP contribution in [0.2, 0.25) is 0 Å². The fourth-order valence-electron chi connectivity index (χ4n) is 3.93. The van der Waals surface area contributed by atoms with Crippen LogP contribution in [-0.4, -0.2) is 39.2 Å². The summed E-state index contributed by atoms with van der Waals surface area (Å²) in [6.45, 7) is 3.46. The molecule has 0 unspecified atom stereocenters. The Labute approximate surface area is 185 Å². The molecule has 0 saturated carbocycles. The summed E-state index contributed by atoms with van der Waals surface area (Å²) in [5.74, 6) is 0.0468. The fraction of sp³-hybridized carbons (Fsp3) is 0.304. The van der Waals surface area contributed by atoms with Gasteiger partial charge in [0.25, 0.3) is 5.56 Å². The first kappa shape index (κ1) is 22.1. The molecule has 2 N–H and O–H groups in total. The molecule has 0 radical (unpaired) electrons. The van der Waals surface area contributed by atoms with Crippen molar-refractivity contribution in [3.05, 3.63) is 81.0 Å². The van der Waals surface area contributed by atoms with Crippen molar-refractivity contribution >= 4 is 33.5 Å². The first-order valence-corrected chi connectivity index (χ1v) is 10.0. The summed E-state index contributed by atoms with van der Waals surface area (Å²) in [7, 11) is 0. The number of fused-ring (bicyclic) bond motifs is 1. The van der Waals surface area contributed by atoms with Gasteiger partial charge in [-0.1, -0.05) is 36.4 Å². The number of hydrogen-bond donors (Lipinski definition) is 2. The van der Waals surface area contributed by atoms with Gasteiger partial charge in [0, 0.05) is 25.7 Å². The normalized spacial score (nSPS) is 14.3. The molecular weight excluding hydrogens is 446 g/mol. The number of halogens is 1. The minimum Gasteiger partial charge on any atom is -0.508 e. The van der Waals surface area contributed by atoms with Crippen LogP contribution in [0.1, 0.15) is 24.8 Å². The summed E-state index contributed by atoms with van der Waals surface area (Å²) in [5.41, 5.74) is 2.34. The lowest BCUT2D eigenvalue weighted by Crippen LogP contribution is -2.31. The number of nitrogens with one attached hydrogen (secondary N) is 1. The molecule has 1 aliphatic heterocycles. The number of hydrogen-bond acceptors (Lipinski definition) is 4. The number of aromatic nitrogens is 2. The summed E-state index contributed by atoms with van der Waals surface area (Å²) in [5, 5.41) is 10.2. The second-order valence-corrected chi connectivity index (χ2v) is 7.47. The van der Waals surface area contributed by atoms with Crippen molar-refractivity contribution in [2.24, 2.45) is 0 Å². The molecular formula is C23H26BrN3O3. The number of nitrogens with zero attached hydrogens (tertiary/aromatic N) is 2. The highest BCUT2D eigenvalue weighted by molar-refractivity contribution is 8.93. The summed E-state index contributed by atoms with van der Waals surface area (Å²) in [6.07, 6.45) is 5.14. The van der Waals surface area contributed by atoms with Gasteiger partial charge < -0.3 is 5.11 Å².